The van der Waals surface area contributed by atoms with Gasteiger partial charge in [0.25, 0.3) is 0 Å². The van der Waals surface area contributed by atoms with Crippen LogP contribution < -0.4 is 0 Å². The number of hydrogen-bond donors (Lipinski definition) is 0. The number of halogens is 1. The molecule has 0 saturated carbocycles. The molecule has 0 fully saturated rings. The van der Waals surface area contributed by atoms with Crippen LogP contribution in [-0.4, -0.2) is 18.0 Å². The van der Waals surface area contributed by atoms with Crippen molar-refractivity contribution in [3.63, 3.8) is 0 Å². The normalized spacial score (nSPS) is 16.0. The van der Waals surface area contributed by atoms with Gasteiger partial charge in [-0.15, -0.1) is 0 Å². The van der Waals surface area contributed by atoms with E-state index in [0.29, 0.717) is 12.0 Å². The minimum Gasteiger partial charge on any atom is -0.378 e. The Bertz CT molecular complexity index is 91.8. The molecule has 0 aromatic carbocycles. The van der Waals surface area contributed by atoms with Gasteiger partial charge in [0.05, 0.1) is 12.7 Å². The van der Waals surface area contributed by atoms with Crippen LogP contribution in [0, 0.1) is 5.92 Å². The number of rotatable bonds is 7. The third-order valence-corrected chi connectivity index (χ3v) is 3.02. The van der Waals surface area contributed by atoms with Crippen molar-refractivity contribution in [2.75, 3.05) is 11.9 Å². The summed E-state index contributed by atoms with van der Waals surface area (Å²) in [5.41, 5.74) is 0. The first-order valence-corrected chi connectivity index (χ1v) is 6.04. The van der Waals surface area contributed by atoms with Gasteiger partial charge in [-0.2, -0.15) is 0 Å². The van der Waals surface area contributed by atoms with E-state index < -0.39 is 0 Å². The molecule has 2 unspecified atom stereocenters. The second kappa shape index (κ2) is 8.06. The zero-order valence-corrected chi connectivity index (χ0v) is 10.1. The number of ether oxygens (including phenoxy) is 1. The molecule has 0 aliphatic carbocycles. The third-order valence-electron chi connectivity index (χ3n) is 2.11. The van der Waals surface area contributed by atoms with Gasteiger partial charge >= 0.3 is 0 Å². The maximum absolute atomic E-state index is 5.70. The molecular weight excluding hydrogens is 216 g/mol. The number of hydrogen-bond acceptors (Lipinski definition) is 1. The monoisotopic (exact) mass is 236 g/mol. The molecule has 12 heavy (non-hydrogen) atoms. The highest BCUT2D eigenvalue weighted by molar-refractivity contribution is 9.09. The van der Waals surface area contributed by atoms with Crippen LogP contribution in [0.4, 0.5) is 0 Å². The minimum atomic E-state index is 0.433. The second-order valence-electron chi connectivity index (χ2n) is 3.36. The fourth-order valence-electron chi connectivity index (χ4n) is 1.06. The average Bonchev–Trinajstić information content (AvgIpc) is 2.07. The molecule has 0 amide bonds. The lowest BCUT2D eigenvalue weighted by atomic mass is 10.1. The Morgan fingerprint density at radius 2 is 2.00 bits per heavy atom. The van der Waals surface area contributed by atoms with Gasteiger partial charge in [0.2, 0.25) is 0 Å². The van der Waals surface area contributed by atoms with Crippen molar-refractivity contribution in [3.8, 4) is 0 Å². The molecular formula is C10H21BrO. The molecule has 0 aromatic heterocycles. The standard InChI is InChI=1S/C10H21BrO/c1-4-6-9(3)12-8-10(5-2)7-11/h9-10H,4-8H2,1-3H3. The van der Waals surface area contributed by atoms with E-state index in [0.717, 1.165) is 11.9 Å². The van der Waals surface area contributed by atoms with Crippen molar-refractivity contribution in [3.05, 3.63) is 0 Å². The highest BCUT2D eigenvalue weighted by Gasteiger charge is 2.06. The van der Waals surface area contributed by atoms with E-state index in [9.17, 15) is 0 Å². The Labute approximate surface area is 85.0 Å². The Kier molecular flexibility index (Phi) is 8.35. The largest absolute Gasteiger partial charge is 0.378 e. The lowest BCUT2D eigenvalue weighted by Gasteiger charge is -2.16. The summed E-state index contributed by atoms with van der Waals surface area (Å²) in [6.07, 6.45) is 4.03. The molecule has 0 bridgehead atoms. The summed E-state index contributed by atoms with van der Waals surface area (Å²) in [5, 5.41) is 1.06. The van der Waals surface area contributed by atoms with E-state index in [1.165, 1.54) is 19.3 Å². The van der Waals surface area contributed by atoms with Crippen LogP contribution in [0.2, 0.25) is 0 Å². The van der Waals surface area contributed by atoms with Gasteiger partial charge in [-0.1, -0.05) is 42.6 Å². The van der Waals surface area contributed by atoms with Crippen molar-refractivity contribution >= 4 is 15.9 Å². The summed E-state index contributed by atoms with van der Waals surface area (Å²) in [6, 6.07) is 0. The summed E-state index contributed by atoms with van der Waals surface area (Å²) in [5.74, 6) is 0.685. The highest BCUT2D eigenvalue weighted by atomic mass is 79.9. The summed E-state index contributed by atoms with van der Waals surface area (Å²) in [4.78, 5) is 0. The Morgan fingerprint density at radius 1 is 1.33 bits per heavy atom. The predicted octanol–water partition coefficient (Wildman–Crippen LogP) is 3.61. The summed E-state index contributed by atoms with van der Waals surface area (Å²) in [7, 11) is 0. The smallest absolute Gasteiger partial charge is 0.0547 e. The topological polar surface area (TPSA) is 9.23 Å². The predicted molar refractivity (Wildman–Crippen MR) is 57.9 cm³/mol. The maximum atomic E-state index is 5.70. The van der Waals surface area contributed by atoms with Crippen LogP contribution in [0.3, 0.4) is 0 Å². The molecule has 0 saturated heterocycles. The van der Waals surface area contributed by atoms with Gasteiger partial charge in [0, 0.05) is 5.33 Å². The molecule has 0 radical (unpaired) electrons. The van der Waals surface area contributed by atoms with E-state index in [-0.39, 0.29) is 0 Å². The van der Waals surface area contributed by atoms with Crippen molar-refractivity contribution in [1.29, 1.82) is 0 Å². The van der Waals surface area contributed by atoms with Crippen molar-refractivity contribution in [2.45, 2.75) is 46.1 Å². The second-order valence-corrected chi connectivity index (χ2v) is 4.01. The van der Waals surface area contributed by atoms with Gasteiger partial charge in [-0.05, 0) is 19.3 Å². The molecule has 0 rings (SSSR count). The summed E-state index contributed by atoms with van der Waals surface area (Å²) >= 11 is 3.49. The molecule has 0 aliphatic heterocycles. The van der Waals surface area contributed by atoms with Crippen molar-refractivity contribution in [1.82, 2.24) is 0 Å². The summed E-state index contributed by atoms with van der Waals surface area (Å²) in [6.45, 7) is 7.47. The van der Waals surface area contributed by atoms with Gasteiger partial charge in [-0.3, -0.25) is 0 Å². The zero-order chi connectivity index (χ0) is 9.40. The quantitative estimate of drug-likeness (QED) is 0.614. The fourth-order valence-corrected chi connectivity index (χ4v) is 1.71. The Hall–Kier alpha value is 0.440. The van der Waals surface area contributed by atoms with Crippen LogP contribution in [0.1, 0.15) is 40.0 Å². The maximum Gasteiger partial charge on any atom is 0.0547 e. The van der Waals surface area contributed by atoms with Crippen molar-refractivity contribution in [2.24, 2.45) is 5.92 Å². The van der Waals surface area contributed by atoms with Crippen LogP contribution >= 0.6 is 15.9 Å². The van der Waals surface area contributed by atoms with Gasteiger partial charge in [0.1, 0.15) is 0 Å². The zero-order valence-electron chi connectivity index (χ0n) is 8.48. The molecule has 0 N–H and O–H groups in total. The Morgan fingerprint density at radius 3 is 2.42 bits per heavy atom. The van der Waals surface area contributed by atoms with E-state index in [1.54, 1.807) is 0 Å². The van der Waals surface area contributed by atoms with E-state index in [2.05, 4.69) is 36.7 Å². The van der Waals surface area contributed by atoms with Gasteiger partial charge in [0.15, 0.2) is 0 Å². The Balaban J connectivity index is 3.37. The molecule has 1 nitrogen and oxygen atoms in total. The molecule has 0 aliphatic rings. The summed E-state index contributed by atoms with van der Waals surface area (Å²) < 4.78 is 5.70. The SMILES string of the molecule is CCCC(C)OCC(CC)CBr. The fraction of sp³-hybridized carbons (Fsp3) is 1.00. The first-order chi connectivity index (χ1) is 5.74. The van der Waals surface area contributed by atoms with E-state index in [4.69, 9.17) is 4.74 Å². The molecule has 0 aromatic rings. The van der Waals surface area contributed by atoms with Gasteiger partial charge in [-0.25, -0.2) is 0 Å². The average molecular weight is 237 g/mol. The molecule has 2 atom stereocenters. The van der Waals surface area contributed by atoms with E-state index >= 15 is 0 Å². The molecule has 74 valence electrons. The first-order valence-electron chi connectivity index (χ1n) is 4.92. The lowest BCUT2D eigenvalue weighted by Crippen LogP contribution is -2.16. The molecule has 0 heterocycles. The van der Waals surface area contributed by atoms with Gasteiger partial charge < -0.3 is 4.74 Å². The van der Waals surface area contributed by atoms with E-state index in [1.807, 2.05) is 0 Å². The van der Waals surface area contributed by atoms with Crippen LogP contribution in [0.5, 0.6) is 0 Å². The highest BCUT2D eigenvalue weighted by Crippen LogP contribution is 2.09. The van der Waals surface area contributed by atoms with Crippen molar-refractivity contribution < 1.29 is 4.74 Å². The first kappa shape index (κ1) is 12.4. The van der Waals surface area contributed by atoms with Crippen LogP contribution in [-0.2, 0) is 4.74 Å². The third kappa shape index (κ3) is 6.01. The van der Waals surface area contributed by atoms with Crippen LogP contribution in [0.25, 0.3) is 0 Å². The minimum absolute atomic E-state index is 0.433. The lowest BCUT2D eigenvalue weighted by molar-refractivity contribution is 0.0391. The number of alkyl halides is 1. The van der Waals surface area contributed by atoms with Crippen LogP contribution in [0.15, 0.2) is 0 Å². The molecule has 2 heteroatoms. The molecule has 0 spiro atoms.